The number of rotatable bonds is 6. The molecule has 2 N–H and O–H groups in total. The summed E-state index contributed by atoms with van der Waals surface area (Å²) in [6.07, 6.45) is -0.487. The van der Waals surface area contributed by atoms with Crippen molar-refractivity contribution in [2.24, 2.45) is 0 Å². The van der Waals surface area contributed by atoms with Crippen LogP contribution in [0.25, 0.3) is 0 Å². The third kappa shape index (κ3) is 4.88. The molecule has 0 aliphatic carbocycles. The number of carboxylic acid groups (broad SMARTS) is 1. The zero-order valence-corrected chi connectivity index (χ0v) is 13.0. The molecule has 0 aliphatic rings. The molecule has 0 heterocycles. The van der Waals surface area contributed by atoms with Crippen molar-refractivity contribution in [3.05, 3.63) is 21.6 Å². The third-order valence-electron chi connectivity index (χ3n) is 2.06. The van der Waals surface area contributed by atoms with Crippen LogP contribution < -0.4 is 9.46 Å². The summed E-state index contributed by atoms with van der Waals surface area (Å²) < 4.78 is 31.2. The summed E-state index contributed by atoms with van der Waals surface area (Å²) in [5.41, 5.74) is 0.146. The molecule has 0 amide bonds. The number of ether oxygens (including phenoxy) is 1. The molecule has 0 unspecified atom stereocenters. The van der Waals surface area contributed by atoms with Gasteiger partial charge in [0.15, 0.2) is 5.75 Å². The van der Waals surface area contributed by atoms with Gasteiger partial charge in [-0.2, -0.15) is 0 Å². The number of methoxy groups -OCH3 is 1. The molecule has 0 saturated carbocycles. The van der Waals surface area contributed by atoms with Crippen LogP contribution in [0.15, 0.2) is 16.6 Å². The Labute approximate surface area is 123 Å². The Kier molecular flexibility index (Phi) is 5.45. The fraction of sp³-hybridized carbons (Fsp3) is 0.300. The number of aliphatic carboxylic acids is 1. The molecule has 19 heavy (non-hydrogen) atoms. The highest BCUT2D eigenvalue weighted by Gasteiger charge is 2.17. The van der Waals surface area contributed by atoms with Crippen molar-refractivity contribution < 1.29 is 23.1 Å². The molecular weight excluding hydrogens is 362 g/mol. The molecule has 0 aromatic heterocycles. The van der Waals surface area contributed by atoms with Crippen LogP contribution in [-0.2, 0) is 14.8 Å². The Hall–Kier alpha value is -0.990. The molecule has 0 spiro atoms. The highest BCUT2D eigenvalue weighted by Crippen LogP contribution is 2.36. The fourth-order valence-corrected chi connectivity index (χ4v) is 3.29. The number of sulfonamides is 1. The lowest BCUT2D eigenvalue weighted by atomic mass is 10.3. The van der Waals surface area contributed by atoms with Gasteiger partial charge in [0, 0.05) is 5.02 Å². The number of hydrogen-bond acceptors (Lipinski definition) is 4. The van der Waals surface area contributed by atoms with Gasteiger partial charge in [-0.25, -0.2) is 8.42 Å². The molecular formula is C10H11BrClNO5S. The largest absolute Gasteiger partial charge is 0.493 e. The maximum absolute atomic E-state index is 11.7. The summed E-state index contributed by atoms with van der Waals surface area (Å²) in [7, 11) is -2.41. The van der Waals surface area contributed by atoms with E-state index in [1.165, 1.54) is 13.2 Å². The Bertz CT molecular complexity index is 590. The van der Waals surface area contributed by atoms with E-state index in [2.05, 4.69) is 20.7 Å². The number of carboxylic acids is 1. The van der Waals surface area contributed by atoms with E-state index in [0.29, 0.717) is 9.50 Å². The molecule has 0 bridgehead atoms. The summed E-state index contributed by atoms with van der Waals surface area (Å²) in [5.74, 6) is -1.46. The van der Waals surface area contributed by atoms with Gasteiger partial charge in [-0.05, 0) is 28.1 Å². The fourth-order valence-electron chi connectivity index (χ4n) is 1.28. The molecule has 106 valence electrons. The average Bonchev–Trinajstić information content (AvgIpc) is 2.25. The van der Waals surface area contributed by atoms with Gasteiger partial charge in [0.25, 0.3) is 0 Å². The van der Waals surface area contributed by atoms with E-state index < -0.39 is 28.2 Å². The standard InChI is InChI=1S/C10H11BrClNO5S/c1-18-10-7(11)4-6(12)5-8(10)13-19(16,17)3-2-9(14)15/h4-5,13H,2-3H2,1H3,(H,14,15). The van der Waals surface area contributed by atoms with E-state index in [1.54, 1.807) is 6.07 Å². The third-order valence-corrected chi connectivity index (χ3v) is 4.14. The molecule has 0 saturated heterocycles. The van der Waals surface area contributed by atoms with Crippen LogP contribution >= 0.6 is 27.5 Å². The van der Waals surface area contributed by atoms with Gasteiger partial charge in [0.05, 0.1) is 29.4 Å². The van der Waals surface area contributed by atoms with Crippen LogP contribution in [-0.4, -0.2) is 32.4 Å². The number of nitrogens with one attached hydrogen (secondary N) is 1. The van der Waals surface area contributed by atoms with Gasteiger partial charge in [-0.1, -0.05) is 11.6 Å². The molecule has 1 aromatic carbocycles. The zero-order chi connectivity index (χ0) is 14.6. The number of halogens is 2. The van der Waals surface area contributed by atoms with Crippen LogP contribution in [0.5, 0.6) is 5.75 Å². The van der Waals surface area contributed by atoms with Gasteiger partial charge in [0.2, 0.25) is 10.0 Å². The minimum Gasteiger partial charge on any atom is -0.493 e. The van der Waals surface area contributed by atoms with Gasteiger partial charge in [-0.15, -0.1) is 0 Å². The number of anilines is 1. The normalized spacial score (nSPS) is 11.1. The second-order valence-electron chi connectivity index (χ2n) is 3.53. The molecule has 0 fully saturated rings. The Balaban J connectivity index is 3.01. The monoisotopic (exact) mass is 371 g/mol. The van der Waals surface area contributed by atoms with E-state index in [-0.39, 0.29) is 11.4 Å². The van der Waals surface area contributed by atoms with Gasteiger partial charge in [0.1, 0.15) is 0 Å². The number of carbonyl (C=O) groups is 1. The lowest BCUT2D eigenvalue weighted by Gasteiger charge is -2.13. The topological polar surface area (TPSA) is 92.7 Å². The van der Waals surface area contributed by atoms with E-state index in [1.807, 2.05) is 0 Å². The molecule has 0 atom stereocenters. The maximum atomic E-state index is 11.7. The van der Waals surface area contributed by atoms with Crippen LogP contribution in [0, 0.1) is 0 Å². The minimum absolute atomic E-state index is 0.146. The van der Waals surface area contributed by atoms with Crippen LogP contribution in [0.2, 0.25) is 5.02 Å². The van der Waals surface area contributed by atoms with E-state index in [4.69, 9.17) is 21.4 Å². The second kappa shape index (κ2) is 6.44. The Morgan fingerprint density at radius 1 is 1.53 bits per heavy atom. The zero-order valence-electron chi connectivity index (χ0n) is 9.81. The van der Waals surface area contributed by atoms with E-state index >= 15 is 0 Å². The first-order chi connectivity index (χ1) is 8.75. The van der Waals surface area contributed by atoms with Crippen molar-refractivity contribution in [1.82, 2.24) is 0 Å². The highest BCUT2D eigenvalue weighted by atomic mass is 79.9. The molecule has 1 rings (SSSR count). The maximum Gasteiger partial charge on any atom is 0.304 e. The smallest absolute Gasteiger partial charge is 0.304 e. The molecule has 9 heteroatoms. The van der Waals surface area contributed by atoms with Crippen LogP contribution in [0.3, 0.4) is 0 Å². The molecule has 0 aliphatic heterocycles. The first-order valence-electron chi connectivity index (χ1n) is 5.00. The summed E-state index contributed by atoms with van der Waals surface area (Å²) in [5, 5.41) is 8.80. The Morgan fingerprint density at radius 3 is 2.68 bits per heavy atom. The lowest BCUT2D eigenvalue weighted by Crippen LogP contribution is -2.19. The highest BCUT2D eigenvalue weighted by molar-refractivity contribution is 9.10. The van der Waals surface area contributed by atoms with Crippen molar-refractivity contribution in [2.75, 3.05) is 17.6 Å². The summed E-state index contributed by atoms with van der Waals surface area (Å²) >= 11 is 9.01. The summed E-state index contributed by atoms with van der Waals surface area (Å²) in [6.45, 7) is 0. The summed E-state index contributed by atoms with van der Waals surface area (Å²) in [4.78, 5) is 10.4. The summed E-state index contributed by atoms with van der Waals surface area (Å²) in [6, 6.07) is 2.93. The van der Waals surface area contributed by atoms with Crippen molar-refractivity contribution >= 4 is 49.2 Å². The number of benzene rings is 1. The predicted octanol–water partition coefficient (Wildman–Crippen LogP) is 2.33. The van der Waals surface area contributed by atoms with Crippen molar-refractivity contribution in [1.29, 1.82) is 0 Å². The minimum atomic E-state index is -3.79. The lowest BCUT2D eigenvalue weighted by molar-refractivity contribution is -0.136. The number of hydrogen-bond donors (Lipinski definition) is 2. The molecule has 0 radical (unpaired) electrons. The van der Waals surface area contributed by atoms with Crippen molar-refractivity contribution in [2.45, 2.75) is 6.42 Å². The first kappa shape index (κ1) is 16.1. The molecule has 1 aromatic rings. The van der Waals surface area contributed by atoms with Gasteiger partial charge in [-0.3, -0.25) is 9.52 Å². The van der Waals surface area contributed by atoms with E-state index in [9.17, 15) is 13.2 Å². The van der Waals surface area contributed by atoms with Crippen LogP contribution in [0.4, 0.5) is 5.69 Å². The first-order valence-corrected chi connectivity index (χ1v) is 7.83. The van der Waals surface area contributed by atoms with Crippen LogP contribution in [0.1, 0.15) is 6.42 Å². The average molecular weight is 373 g/mol. The van der Waals surface area contributed by atoms with Gasteiger partial charge < -0.3 is 9.84 Å². The Morgan fingerprint density at radius 2 is 2.16 bits per heavy atom. The predicted molar refractivity (Wildman–Crippen MR) is 75.4 cm³/mol. The second-order valence-corrected chi connectivity index (χ2v) is 6.67. The van der Waals surface area contributed by atoms with Gasteiger partial charge >= 0.3 is 5.97 Å². The quantitative estimate of drug-likeness (QED) is 0.799. The van der Waals surface area contributed by atoms with Crippen molar-refractivity contribution in [3.63, 3.8) is 0 Å². The van der Waals surface area contributed by atoms with E-state index in [0.717, 1.165) is 0 Å². The van der Waals surface area contributed by atoms with Crippen molar-refractivity contribution in [3.8, 4) is 5.75 Å². The molecule has 6 nitrogen and oxygen atoms in total. The SMILES string of the molecule is COc1c(Br)cc(Cl)cc1NS(=O)(=O)CCC(=O)O.